The third-order valence-electron chi connectivity index (χ3n) is 5.30. The molecule has 0 saturated carbocycles. The van der Waals surface area contributed by atoms with Gasteiger partial charge >= 0.3 is 0 Å². The fourth-order valence-electron chi connectivity index (χ4n) is 3.87. The molecular weight excluding hydrogens is 320 g/mol. The second-order valence-corrected chi connectivity index (χ2v) is 6.60. The molecule has 132 valence electrons. The number of methoxy groups -OCH3 is 1. The summed E-state index contributed by atoms with van der Waals surface area (Å²) < 4.78 is 5.48. The van der Waals surface area contributed by atoms with Crippen molar-refractivity contribution in [1.29, 1.82) is 0 Å². The van der Waals surface area contributed by atoms with Crippen molar-refractivity contribution in [2.45, 2.75) is 26.2 Å². The highest BCUT2D eigenvalue weighted by Crippen LogP contribution is 2.43. The van der Waals surface area contributed by atoms with Crippen LogP contribution in [0.1, 0.15) is 34.7 Å². The molecule has 0 N–H and O–H groups in total. The number of benzene rings is 3. The number of carbonyl (C=O) groups excluding carboxylic acids is 1. The van der Waals surface area contributed by atoms with Crippen molar-refractivity contribution in [3.05, 3.63) is 101 Å². The summed E-state index contributed by atoms with van der Waals surface area (Å²) in [6.45, 7) is 5.79. The Morgan fingerprint density at radius 1 is 0.769 bits per heavy atom. The van der Waals surface area contributed by atoms with Crippen LogP contribution in [0.25, 0.3) is 0 Å². The Hall–Kier alpha value is -2.87. The lowest BCUT2D eigenvalue weighted by Crippen LogP contribution is -2.37. The maximum atomic E-state index is 13.3. The molecule has 3 aromatic rings. The number of rotatable bonds is 5. The first-order valence-corrected chi connectivity index (χ1v) is 8.80. The number of ether oxygens (including phenoxy) is 1. The van der Waals surface area contributed by atoms with Gasteiger partial charge in [0.1, 0.15) is 16.9 Å². The first kappa shape index (κ1) is 17.9. The molecule has 2 nitrogen and oxygen atoms in total. The van der Waals surface area contributed by atoms with E-state index in [0.717, 1.165) is 33.6 Å². The van der Waals surface area contributed by atoms with Crippen molar-refractivity contribution in [3.8, 4) is 5.75 Å². The van der Waals surface area contributed by atoms with E-state index in [4.69, 9.17) is 4.74 Å². The smallest absolute Gasteiger partial charge is 0.149 e. The Morgan fingerprint density at radius 3 is 1.69 bits per heavy atom. The van der Waals surface area contributed by atoms with Crippen molar-refractivity contribution in [2.24, 2.45) is 0 Å². The third-order valence-corrected chi connectivity index (χ3v) is 5.30. The van der Waals surface area contributed by atoms with Gasteiger partial charge in [0.2, 0.25) is 0 Å². The van der Waals surface area contributed by atoms with Gasteiger partial charge in [0.05, 0.1) is 7.11 Å². The molecule has 0 amide bonds. The summed E-state index contributed by atoms with van der Waals surface area (Å²) in [4.78, 5) is 13.3. The van der Waals surface area contributed by atoms with E-state index >= 15 is 0 Å². The summed E-state index contributed by atoms with van der Waals surface area (Å²) in [6.07, 6.45) is 0. The van der Waals surface area contributed by atoms with Gasteiger partial charge in [-0.15, -0.1) is 0 Å². The monoisotopic (exact) mass is 344 g/mol. The minimum atomic E-state index is -0.844. The van der Waals surface area contributed by atoms with Gasteiger partial charge in [0.15, 0.2) is 0 Å². The summed E-state index contributed by atoms with van der Waals surface area (Å²) in [5.74, 6) is 0.937. The normalized spacial score (nSPS) is 11.2. The number of Topliss-reactive ketones (excluding diaryl/α,β-unsaturated/α-hetero) is 1. The quantitative estimate of drug-likeness (QED) is 0.592. The topological polar surface area (TPSA) is 26.3 Å². The van der Waals surface area contributed by atoms with Gasteiger partial charge in [-0.2, -0.15) is 0 Å². The maximum absolute atomic E-state index is 13.3. The van der Waals surface area contributed by atoms with Crippen molar-refractivity contribution in [2.75, 3.05) is 7.11 Å². The van der Waals surface area contributed by atoms with Gasteiger partial charge in [-0.1, -0.05) is 66.7 Å². The average Bonchev–Trinajstić information content (AvgIpc) is 2.67. The molecule has 0 saturated heterocycles. The van der Waals surface area contributed by atoms with E-state index in [1.807, 2.05) is 79.7 Å². The molecule has 0 heterocycles. The van der Waals surface area contributed by atoms with Crippen LogP contribution in [-0.2, 0) is 10.2 Å². The molecule has 0 bridgehead atoms. The largest absolute Gasteiger partial charge is 0.496 e. The Bertz CT molecular complexity index is 872. The number of carbonyl (C=O) groups is 1. The minimum Gasteiger partial charge on any atom is -0.496 e. The fraction of sp³-hybridized carbons (Fsp3) is 0.208. The van der Waals surface area contributed by atoms with Crippen molar-refractivity contribution < 1.29 is 9.53 Å². The Balaban J connectivity index is 2.43. The van der Waals surface area contributed by atoms with Crippen LogP contribution in [0, 0.1) is 13.8 Å². The van der Waals surface area contributed by atoms with Crippen LogP contribution in [0.4, 0.5) is 0 Å². The van der Waals surface area contributed by atoms with Gasteiger partial charge in [-0.3, -0.25) is 4.79 Å². The van der Waals surface area contributed by atoms with Crippen LogP contribution in [0.15, 0.2) is 72.8 Å². The molecule has 0 aliphatic heterocycles. The summed E-state index contributed by atoms with van der Waals surface area (Å²) in [5.41, 5.74) is 4.25. The van der Waals surface area contributed by atoms with Crippen LogP contribution < -0.4 is 4.74 Å². The molecule has 0 aliphatic rings. The zero-order valence-corrected chi connectivity index (χ0v) is 15.7. The SMILES string of the molecule is COc1ccc(C(C(C)=O)(c2ccccc2)c2ccccc2)c(C)c1C. The first-order valence-electron chi connectivity index (χ1n) is 8.80. The molecular formula is C24H24O2. The molecule has 3 rings (SSSR count). The summed E-state index contributed by atoms with van der Waals surface area (Å²) in [5, 5.41) is 0. The molecule has 0 atom stereocenters. The highest BCUT2D eigenvalue weighted by atomic mass is 16.5. The summed E-state index contributed by atoms with van der Waals surface area (Å²) in [6, 6.07) is 24.0. The highest BCUT2D eigenvalue weighted by molar-refractivity contribution is 5.96. The maximum Gasteiger partial charge on any atom is 0.149 e. The van der Waals surface area contributed by atoms with E-state index in [0.29, 0.717) is 0 Å². The van der Waals surface area contributed by atoms with Crippen molar-refractivity contribution in [3.63, 3.8) is 0 Å². The second-order valence-electron chi connectivity index (χ2n) is 6.60. The van der Waals surface area contributed by atoms with E-state index in [1.165, 1.54) is 0 Å². The molecule has 0 spiro atoms. The van der Waals surface area contributed by atoms with Crippen molar-refractivity contribution >= 4 is 5.78 Å². The van der Waals surface area contributed by atoms with Crippen LogP contribution in [0.3, 0.4) is 0 Å². The van der Waals surface area contributed by atoms with E-state index < -0.39 is 5.41 Å². The Labute approximate surface area is 155 Å². The van der Waals surface area contributed by atoms with Gasteiger partial charge in [0, 0.05) is 0 Å². The fourth-order valence-corrected chi connectivity index (χ4v) is 3.87. The Kier molecular flexibility index (Phi) is 4.94. The van der Waals surface area contributed by atoms with Gasteiger partial charge in [-0.25, -0.2) is 0 Å². The van der Waals surface area contributed by atoms with E-state index in [2.05, 4.69) is 6.92 Å². The predicted octanol–water partition coefficient (Wildman–Crippen LogP) is 5.24. The minimum absolute atomic E-state index is 0.0996. The number of hydrogen-bond acceptors (Lipinski definition) is 2. The Morgan fingerprint density at radius 2 is 1.27 bits per heavy atom. The standard InChI is InChI=1S/C24H24O2/c1-17-18(2)23(26-4)16-15-22(17)24(19(3)25,20-11-7-5-8-12-20)21-13-9-6-10-14-21/h5-16H,1-4H3. The highest BCUT2D eigenvalue weighted by Gasteiger charge is 2.42. The predicted molar refractivity (Wildman–Crippen MR) is 106 cm³/mol. The summed E-state index contributed by atoms with van der Waals surface area (Å²) >= 11 is 0. The van der Waals surface area contributed by atoms with E-state index in [1.54, 1.807) is 14.0 Å². The van der Waals surface area contributed by atoms with Crippen LogP contribution in [-0.4, -0.2) is 12.9 Å². The van der Waals surface area contributed by atoms with Crippen LogP contribution >= 0.6 is 0 Å². The lowest BCUT2D eigenvalue weighted by molar-refractivity contribution is -0.119. The lowest BCUT2D eigenvalue weighted by atomic mass is 9.65. The van der Waals surface area contributed by atoms with Crippen LogP contribution in [0.5, 0.6) is 5.75 Å². The number of ketones is 1. The average molecular weight is 344 g/mol. The van der Waals surface area contributed by atoms with Gasteiger partial charge in [-0.05, 0) is 54.7 Å². The van der Waals surface area contributed by atoms with Crippen molar-refractivity contribution in [1.82, 2.24) is 0 Å². The van der Waals surface area contributed by atoms with Gasteiger partial charge < -0.3 is 4.74 Å². The molecule has 0 aromatic heterocycles. The zero-order chi connectivity index (χ0) is 18.7. The third kappa shape index (κ3) is 2.72. The molecule has 0 aliphatic carbocycles. The second kappa shape index (κ2) is 7.17. The molecule has 26 heavy (non-hydrogen) atoms. The van der Waals surface area contributed by atoms with E-state index in [-0.39, 0.29) is 5.78 Å². The molecule has 3 aromatic carbocycles. The first-order chi connectivity index (χ1) is 12.5. The molecule has 0 unspecified atom stereocenters. The molecule has 2 heteroatoms. The number of hydrogen-bond donors (Lipinski definition) is 0. The summed E-state index contributed by atoms with van der Waals surface area (Å²) in [7, 11) is 1.67. The van der Waals surface area contributed by atoms with Crippen LogP contribution in [0.2, 0.25) is 0 Å². The molecule has 0 radical (unpaired) electrons. The van der Waals surface area contributed by atoms with Gasteiger partial charge in [0.25, 0.3) is 0 Å². The molecule has 0 fully saturated rings. The zero-order valence-electron chi connectivity index (χ0n) is 15.7. The lowest BCUT2D eigenvalue weighted by Gasteiger charge is -2.35. The van der Waals surface area contributed by atoms with E-state index in [9.17, 15) is 4.79 Å².